The van der Waals surface area contributed by atoms with Crippen LogP contribution < -0.4 is 10.9 Å². The van der Waals surface area contributed by atoms with E-state index in [2.05, 4.69) is 10.4 Å². The molecule has 24 heavy (non-hydrogen) atoms. The summed E-state index contributed by atoms with van der Waals surface area (Å²) < 4.78 is 6.18. The first kappa shape index (κ1) is 16.7. The summed E-state index contributed by atoms with van der Waals surface area (Å²) in [4.78, 5) is 24.2. The van der Waals surface area contributed by atoms with Crippen LogP contribution in [0.4, 0.5) is 0 Å². The standard InChI is InChI=1S/C17H18ClN3O3/c1-24-9-8-21-16(22)7-6-15(20-21)17(23)19-14-5-2-11-10-12(18)3-4-13(11)14/h3-4,6-7,10,14H,2,5,8-9H2,1H3,(H,19,23)/t14-/m0/s1. The van der Waals surface area contributed by atoms with Gasteiger partial charge >= 0.3 is 0 Å². The second kappa shape index (κ2) is 7.15. The van der Waals surface area contributed by atoms with Gasteiger partial charge in [0.2, 0.25) is 0 Å². The van der Waals surface area contributed by atoms with Gasteiger partial charge in [0.15, 0.2) is 0 Å². The number of aryl methyl sites for hydroxylation is 1. The monoisotopic (exact) mass is 347 g/mol. The zero-order valence-corrected chi connectivity index (χ0v) is 14.0. The van der Waals surface area contributed by atoms with Gasteiger partial charge in [-0.2, -0.15) is 5.10 Å². The summed E-state index contributed by atoms with van der Waals surface area (Å²) in [6.07, 6.45) is 1.70. The maximum absolute atomic E-state index is 12.5. The van der Waals surface area contributed by atoms with Crippen LogP contribution in [0.5, 0.6) is 0 Å². The molecule has 0 bridgehead atoms. The minimum atomic E-state index is -0.297. The Morgan fingerprint density at radius 2 is 2.25 bits per heavy atom. The highest BCUT2D eigenvalue weighted by Crippen LogP contribution is 2.32. The number of benzene rings is 1. The molecule has 0 saturated carbocycles. The van der Waals surface area contributed by atoms with Gasteiger partial charge in [0.1, 0.15) is 5.69 Å². The van der Waals surface area contributed by atoms with Crippen LogP contribution in [0.1, 0.15) is 34.1 Å². The number of nitrogens with zero attached hydrogens (tertiary/aromatic N) is 2. The molecule has 3 rings (SSSR count). The molecule has 0 unspecified atom stereocenters. The first-order chi connectivity index (χ1) is 11.6. The first-order valence-electron chi connectivity index (χ1n) is 7.75. The van der Waals surface area contributed by atoms with Crippen LogP contribution in [0, 0.1) is 0 Å². The number of nitrogens with one attached hydrogen (secondary N) is 1. The average Bonchev–Trinajstić information content (AvgIpc) is 2.96. The third kappa shape index (κ3) is 3.49. The third-order valence-corrected chi connectivity index (χ3v) is 4.33. The molecule has 1 aromatic carbocycles. The minimum Gasteiger partial charge on any atom is -0.383 e. The highest BCUT2D eigenvalue weighted by atomic mass is 35.5. The van der Waals surface area contributed by atoms with E-state index in [-0.39, 0.29) is 23.2 Å². The van der Waals surface area contributed by atoms with E-state index in [1.807, 2.05) is 18.2 Å². The number of aromatic nitrogens is 2. The summed E-state index contributed by atoms with van der Waals surface area (Å²) in [5.41, 5.74) is 2.20. The van der Waals surface area contributed by atoms with Crippen molar-refractivity contribution in [2.45, 2.75) is 25.4 Å². The fourth-order valence-corrected chi connectivity index (χ4v) is 3.07. The number of amides is 1. The van der Waals surface area contributed by atoms with Crippen molar-refractivity contribution >= 4 is 17.5 Å². The van der Waals surface area contributed by atoms with Crippen LogP contribution in [0.2, 0.25) is 5.02 Å². The second-order valence-electron chi connectivity index (χ2n) is 5.68. The fraction of sp³-hybridized carbons (Fsp3) is 0.353. The van der Waals surface area contributed by atoms with Gasteiger partial charge in [-0.25, -0.2) is 4.68 Å². The predicted octanol–water partition coefficient (Wildman–Crippen LogP) is 1.96. The minimum absolute atomic E-state index is 0.0640. The number of hydrogen-bond acceptors (Lipinski definition) is 4. The van der Waals surface area contributed by atoms with Crippen molar-refractivity contribution in [3.8, 4) is 0 Å². The van der Waals surface area contributed by atoms with Gasteiger partial charge in [-0.05, 0) is 42.2 Å². The van der Waals surface area contributed by atoms with Crippen molar-refractivity contribution in [3.63, 3.8) is 0 Å². The molecule has 7 heteroatoms. The van der Waals surface area contributed by atoms with Crippen molar-refractivity contribution in [1.82, 2.24) is 15.1 Å². The van der Waals surface area contributed by atoms with Crippen LogP contribution in [-0.4, -0.2) is 29.4 Å². The summed E-state index contributed by atoms with van der Waals surface area (Å²) >= 11 is 6.01. The van der Waals surface area contributed by atoms with Crippen LogP contribution in [0.3, 0.4) is 0 Å². The van der Waals surface area contributed by atoms with Crippen molar-refractivity contribution in [2.75, 3.05) is 13.7 Å². The molecule has 126 valence electrons. The second-order valence-corrected chi connectivity index (χ2v) is 6.12. The van der Waals surface area contributed by atoms with E-state index in [0.717, 1.165) is 24.0 Å². The highest BCUT2D eigenvalue weighted by molar-refractivity contribution is 6.30. The Balaban J connectivity index is 1.76. The van der Waals surface area contributed by atoms with E-state index in [1.54, 1.807) is 7.11 Å². The van der Waals surface area contributed by atoms with E-state index in [0.29, 0.717) is 18.2 Å². The molecular formula is C17H18ClN3O3. The number of hydrogen-bond donors (Lipinski definition) is 1. The van der Waals surface area contributed by atoms with Crippen molar-refractivity contribution < 1.29 is 9.53 Å². The van der Waals surface area contributed by atoms with Crippen LogP contribution in [0.15, 0.2) is 35.1 Å². The quantitative estimate of drug-likeness (QED) is 0.897. The molecule has 0 radical (unpaired) electrons. The van der Waals surface area contributed by atoms with E-state index in [1.165, 1.54) is 16.8 Å². The topological polar surface area (TPSA) is 73.2 Å². The maximum atomic E-state index is 12.5. The Bertz CT molecular complexity index is 819. The first-order valence-corrected chi connectivity index (χ1v) is 8.12. The van der Waals surface area contributed by atoms with Crippen molar-refractivity contribution in [2.24, 2.45) is 0 Å². The summed E-state index contributed by atoms with van der Waals surface area (Å²) in [5.74, 6) is -0.297. The molecule has 0 fully saturated rings. The molecule has 1 N–H and O–H groups in total. The van der Waals surface area contributed by atoms with Crippen LogP contribution in [-0.2, 0) is 17.7 Å². The SMILES string of the molecule is COCCn1nc(C(=O)N[C@H]2CCc3cc(Cl)ccc32)ccc1=O. The van der Waals surface area contributed by atoms with E-state index in [9.17, 15) is 9.59 Å². The molecule has 1 aliphatic rings. The van der Waals surface area contributed by atoms with Crippen molar-refractivity contribution in [3.05, 3.63) is 62.5 Å². The lowest BCUT2D eigenvalue weighted by atomic mass is 10.1. The molecule has 6 nitrogen and oxygen atoms in total. The van der Waals surface area contributed by atoms with E-state index >= 15 is 0 Å². The molecule has 1 atom stereocenters. The van der Waals surface area contributed by atoms with Crippen LogP contribution in [0.25, 0.3) is 0 Å². The Kier molecular flexibility index (Phi) is 4.97. The number of rotatable bonds is 5. The van der Waals surface area contributed by atoms with Gasteiger partial charge in [-0.1, -0.05) is 17.7 Å². The lowest BCUT2D eigenvalue weighted by molar-refractivity contribution is 0.0928. The van der Waals surface area contributed by atoms with Crippen molar-refractivity contribution in [1.29, 1.82) is 0 Å². The number of carbonyl (C=O) groups is 1. The Labute approximate surface area is 144 Å². The molecule has 1 aromatic heterocycles. The summed E-state index contributed by atoms with van der Waals surface area (Å²) in [5, 5.41) is 7.80. The van der Waals surface area contributed by atoms with Gasteiger partial charge in [-0.15, -0.1) is 0 Å². The normalized spacial score (nSPS) is 16.0. The van der Waals surface area contributed by atoms with Gasteiger partial charge < -0.3 is 10.1 Å². The Morgan fingerprint density at radius 1 is 1.42 bits per heavy atom. The molecule has 1 amide bonds. The smallest absolute Gasteiger partial charge is 0.272 e. The van der Waals surface area contributed by atoms with Crippen LogP contribution >= 0.6 is 11.6 Å². The van der Waals surface area contributed by atoms with Gasteiger partial charge in [-0.3, -0.25) is 9.59 Å². The number of halogens is 1. The zero-order chi connectivity index (χ0) is 17.1. The fourth-order valence-electron chi connectivity index (χ4n) is 2.88. The van der Waals surface area contributed by atoms with Gasteiger partial charge in [0.05, 0.1) is 19.2 Å². The maximum Gasteiger partial charge on any atom is 0.272 e. The number of methoxy groups -OCH3 is 1. The molecule has 0 saturated heterocycles. The lowest BCUT2D eigenvalue weighted by Gasteiger charge is -2.14. The van der Waals surface area contributed by atoms with Gasteiger partial charge in [0, 0.05) is 18.2 Å². The number of fused-ring (bicyclic) bond motifs is 1. The average molecular weight is 348 g/mol. The van der Waals surface area contributed by atoms with E-state index in [4.69, 9.17) is 16.3 Å². The molecule has 0 aliphatic heterocycles. The molecule has 1 aliphatic carbocycles. The molecule has 2 aromatic rings. The third-order valence-electron chi connectivity index (χ3n) is 4.09. The molecule has 1 heterocycles. The summed E-state index contributed by atoms with van der Waals surface area (Å²) in [6, 6.07) is 8.44. The highest BCUT2D eigenvalue weighted by Gasteiger charge is 2.25. The Hall–Kier alpha value is -2.18. The summed E-state index contributed by atoms with van der Waals surface area (Å²) in [6.45, 7) is 0.663. The number of ether oxygens (including phenoxy) is 1. The largest absolute Gasteiger partial charge is 0.383 e. The zero-order valence-electron chi connectivity index (χ0n) is 13.3. The number of carbonyl (C=O) groups excluding carboxylic acids is 1. The van der Waals surface area contributed by atoms with E-state index < -0.39 is 0 Å². The lowest BCUT2D eigenvalue weighted by Crippen LogP contribution is -2.32. The molecule has 0 spiro atoms. The summed E-state index contributed by atoms with van der Waals surface area (Å²) in [7, 11) is 1.55. The molecular weight excluding hydrogens is 330 g/mol. The van der Waals surface area contributed by atoms with Gasteiger partial charge in [0.25, 0.3) is 11.5 Å². The Morgan fingerprint density at radius 3 is 3.04 bits per heavy atom. The predicted molar refractivity (Wildman–Crippen MR) is 90.4 cm³/mol.